The number of sulfone groups is 1. The van der Waals surface area contributed by atoms with E-state index in [0.29, 0.717) is 12.1 Å². The maximum atomic E-state index is 12.6. The minimum absolute atomic E-state index is 0. The second kappa shape index (κ2) is 7.48. The lowest BCUT2D eigenvalue weighted by Gasteiger charge is -2.24. The average Bonchev–Trinajstić information content (AvgIpc) is 2.40. The van der Waals surface area contributed by atoms with Crippen LogP contribution in [0.15, 0.2) is 21.9 Å². The van der Waals surface area contributed by atoms with Crippen LogP contribution < -0.4 is 10.0 Å². The molecule has 0 radical (unpaired) electrons. The van der Waals surface area contributed by atoms with E-state index in [4.69, 9.17) is 0 Å². The molecule has 0 spiro atoms. The molecule has 0 aromatic heterocycles. The molecule has 1 atom stereocenters. The Morgan fingerprint density at radius 2 is 1.74 bits per heavy atom. The minimum Gasteiger partial charge on any atom is -0.315 e. The van der Waals surface area contributed by atoms with E-state index < -0.39 is 19.9 Å². The highest BCUT2D eigenvalue weighted by atomic mass is 35.5. The number of piperidine rings is 1. The molecular formula is C14H23ClN2O4S2. The average molecular weight is 383 g/mol. The Bertz CT molecular complexity index is 770. The number of rotatable bonds is 4. The van der Waals surface area contributed by atoms with Crippen LogP contribution in [0.4, 0.5) is 0 Å². The van der Waals surface area contributed by atoms with Crippen LogP contribution in [0.1, 0.15) is 24.0 Å². The Kier molecular flexibility index (Phi) is 6.63. The van der Waals surface area contributed by atoms with Crippen molar-refractivity contribution in [1.82, 2.24) is 10.0 Å². The van der Waals surface area contributed by atoms with Crippen molar-refractivity contribution in [3.63, 3.8) is 0 Å². The predicted molar refractivity (Wildman–Crippen MR) is 92.5 cm³/mol. The van der Waals surface area contributed by atoms with Crippen molar-refractivity contribution in [2.45, 2.75) is 42.5 Å². The smallest absolute Gasteiger partial charge is 0.241 e. The summed E-state index contributed by atoms with van der Waals surface area (Å²) in [5, 5.41) is 3.15. The van der Waals surface area contributed by atoms with Gasteiger partial charge in [-0.25, -0.2) is 21.6 Å². The molecule has 1 fully saturated rings. The summed E-state index contributed by atoms with van der Waals surface area (Å²) in [6.07, 6.45) is 2.77. The molecule has 132 valence electrons. The molecule has 0 saturated carbocycles. The maximum Gasteiger partial charge on any atom is 0.241 e. The lowest BCUT2D eigenvalue weighted by atomic mass is 10.1. The molecule has 0 aliphatic carbocycles. The highest BCUT2D eigenvalue weighted by Gasteiger charge is 2.26. The first-order chi connectivity index (χ1) is 10.1. The molecule has 6 nitrogen and oxygen atoms in total. The summed E-state index contributed by atoms with van der Waals surface area (Å²) >= 11 is 0. The largest absolute Gasteiger partial charge is 0.315 e. The van der Waals surface area contributed by atoms with Gasteiger partial charge in [0.15, 0.2) is 9.84 Å². The lowest BCUT2D eigenvalue weighted by molar-refractivity contribution is 0.428. The summed E-state index contributed by atoms with van der Waals surface area (Å²) in [7, 11) is -7.23. The van der Waals surface area contributed by atoms with Crippen molar-refractivity contribution in [2.24, 2.45) is 0 Å². The SMILES string of the molecule is Cc1cc(S(C)(=O)=O)c(C)c(S(=O)(=O)NC2CCCNC2)c1.Cl. The third-order valence-electron chi connectivity index (χ3n) is 3.76. The fraction of sp³-hybridized carbons (Fsp3) is 0.571. The Balaban J connectivity index is 0.00000264. The van der Waals surface area contributed by atoms with E-state index in [2.05, 4.69) is 10.0 Å². The first-order valence-corrected chi connectivity index (χ1v) is 10.5. The Hall–Kier alpha value is -0.670. The van der Waals surface area contributed by atoms with Gasteiger partial charge in [0.05, 0.1) is 9.79 Å². The molecule has 1 saturated heterocycles. The molecule has 1 heterocycles. The van der Waals surface area contributed by atoms with Crippen LogP contribution in [0.2, 0.25) is 0 Å². The number of hydrogen-bond donors (Lipinski definition) is 2. The number of benzene rings is 1. The van der Waals surface area contributed by atoms with Gasteiger partial charge in [-0.15, -0.1) is 12.4 Å². The van der Waals surface area contributed by atoms with E-state index in [0.717, 1.165) is 25.6 Å². The van der Waals surface area contributed by atoms with E-state index in [9.17, 15) is 16.8 Å². The summed E-state index contributed by atoms with van der Waals surface area (Å²) < 4.78 is 51.6. The van der Waals surface area contributed by atoms with Crippen LogP contribution >= 0.6 is 12.4 Å². The molecular weight excluding hydrogens is 360 g/mol. The standard InChI is InChI=1S/C14H22N2O4S2.ClH/c1-10-7-13(21(3,17)18)11(2)14(8-10)22(19,20)16-12-5-4-6-15-9-12;/h7-8,12,15-16H,4-6,9H2,1-3H3;1H. The second-order valence-corrected chi connectivity index (χ2v) is 9.49. The van der Waals surface area contributed by atoms with Crippen molar-refractivity contribution in [3.8, 4) is 0 Å². The zero-order chi connectivity index (χ0) is 16.5. The fourth-order valence-corrected chi connectivity index (χ4v) is 5.44. The topological polar surface area (TPSA) is 92.3 Å². The number of sulfonamides is 1. The van der Waals surface area contributed by atoms with Gasteiger partial charge in [0.25, 0.3) is 0 Å². The molecule has 2 N–H and O–H groups in total. The van der Waals surface area contributed by atoms with E-state index in [1.54, 1.807) is 6.92 Å². The van der Waals surface area contributed by atoms with Gasteiger partial charge in [0, 0.05) is 18.8 Å². The molecule has 23 heavy (non-hydrogen) atoms. The molecule has 2 rings (SSSR count). The first kappa shape index (κ1) is 20.4. The van der Waals surface area contributed by atoms with Gasteiger partial charge in [-0.1, -0.05) is 0 Å². The minimum atomic E-state index is -3.75. The summed E-state index contributed by atoms with van der Waals surface area (Å²) in [5.74, 6) is 0. The Morgan fingerprint density at radius 1 is 1.13 bits per heavy atom. The highest BCUT2D eigenvalue weighted by molar-refractivity contribution is 7.91. The molecule has 1 aromatic rings. The normalized spacial score (nSPS) is 19.2. The van der Waals surface area contributed by atoms with Crippen LogP contribution in [-0.2, 0) is 19.9 Å². The van der Waals surface area contributed by atoms with Crippen LogP contribution in [0.5, 0.6) is 0 Å². The zero-order valence-electron chi connectivity index (χ0n) is 13.4. The van der Waals surface area contributed by atoms with Crippen molar-refractivity contribution in [2.75, 3.05) is 19.3 Å². The van der Waals surface area contributed by atoms with Gasteiger partial charge in [-0.05, 0) is 56.5 Å². The first-order valence-electron chi connectivity index (χ1n) is 7.15. The predicted octanol–water partition coefficient (Wildman–Crippen LogP) is 1.16. The summed E-state index contributed by atoms with van der Waals surface area (Å²) in [6, 6.07) is 2.86. The van der Waals surface area contributed by atoms with Crippen LogP contribution in [0.3, 0.4) is 0 Å². The van der Waals surface area contributed by atoms with Gasteiger partial charge in [-0.2, -0.15) is 0 Å². The fourth-order valence-electron chi connectivity index (χ4n) is 2.69. The molecule has 1 aliphatic heterocycles. The van der Waals surface area contributed by atoms with Gasteiger partial charge in [-0.3, -0.25) is 0 Å². The van der Waals surface area contributed by atoms with E-state index in [1.807, 2.05) is 0 Å². The van der Waals surface area contributed by atoms with Crippen molar-refractivity contribution >= 4 is 32.3 Å². The number of hydrogen-bond acceptors (Lipinski definition) is 5. The van der Waals surface area contributed by atoms with Crippen LogP contribution in [-0.4, -0.2) is 42.2 Å². The Labute approximate surface area is 144 Å². The molecule has 1 aliphatic rings. The Morgan fingerprint density at radius 3 is 2.26 bits per heavy atom. The third kappa shape index (κ3) is 4.90. The van der Waals surface area contributed by atoms with Gasteiger partial charge in [0.1, 0.15) is 0 Å². The number of nitrogens with one attached hydrogen (secondary N) is 2. The third-order valence-corrected chi connectivity index (χ3v) is 6.63. The summed E-state index contributed by atoms with van der Waals surface area (Å²) in [4.78, 5) is 0.105. The molecule has 1 unspecified atom stereocenters. The van der Waals surface area contributed by atoms with E-state index in [-0.39, 0.29) is 33.8 Å². The highest BCUT2D eigenvalue weighted by Crippen LogP contribution is 2.25. The quantitative estimate of drug-likeness (QED) is 0.815. The number of halogens is 1. The zero-order valence-corrected chi connectivity index (χ0v) is 15.9. The van der Waals surface area contributed by atoms with E-state index >= 15 is 0 Å². The van der Waals surface area contributed by atoms with Gasteiger partial charge >= 0.3 is 0 Å². The molecule has 0 bridgehead atoms. The van der Waals surface area contributed by atoms with Crippen LogP contribution in [0, 0.1) is 13.8 Å². The maximum absolute atomic E-state index is 12.6. The molecule has 0 amide bonds. The lowest BCUT2D eigenvalue weighted by Crippen LogP contribution is -2.45. The van der Waals surface area contributed by atoms with Gasteiger partial charge in [0.2, 0.25) is 10.0 Å². The monoisotopic (exact) mass is 382 g/mol. The van der Waals surface area contributed by atoms with Crippen molar-refractivity contribution in [3.05, 3.63) is 23.3 Å². The second-order valence-electron chi connectivity index (χ2n) is 5.82. The number of aryl methyl sites for hydroxylation is 1. The summed E-state index contributed by atoms with van der Waals surface area (Å²) in [5.41, 5.74) is 0.873. The van der Waals surface area contributed by atoms with E-state index in [1.165, 1.54) is 19.1 Å². The molecule has 1 aromatic carbocycles. The molecule has 9 heteroatoms. The van der Waals surface area contributed by atoms with Gasteiger partial charge < -0.3 is 5.32 Å². The van der Waals surface area contributed by atoms with Crippen molar-refractivity contribution in [1.29, 1.82) is 0 Å². The summed E-state index contributed by atoms with van der Waals surface area (Å²) in [6.45, 7) is 4.70. The van der Waals surface area contributed by atoms with Crippen LogP contribution in [0.25, 0.3) is 0 Å². The van der Waals surface area contributed by atoms with Crippen molar-refractivity contribution < 1.29 is 16.8 Å².